The summed E-state index contributed by atoms with van der Waals surface area (Å²) >= 11 is 0. The normalized spacial score (nSPS) is 18.4. The van der Waals surface area contributed by atoms with Crippen LogP contribution in [0.5, 0.6) is 5.75 Å². The van der Waals surface area contributed by atoms with Crippen LogP contribution in [0.3, 0.4) is 0 Å². The second-order valence-corrected chi connectivity index (χ2v) is 6.58. The van der Waals surface area contributed by atoms with Gasteiger partial charge >= 0.3 is 0 Å². The highest BCUT2D eigenvalue weighted by atomic mass is 32.2. The highest BCUT2D eigenvalue weighted by Gasteiger charge is 2.14. The summed E-state index contributed by atoms with van der Waals surface area (Å²) in [6.45, 7) is 4.97. The topological polar surface area (TPSA) is 67.8 Å². The number of phenolic OH excluding ortho intramolecular Hbond substituents is 1. The molecule has 1 aromatic carbocycles. The van der Waals surface area contributed by atoms with Gasteiger partial charge in [-0.3, -0.25) is 4.90 Å². The van der Waals surface area contributed by atoms with Crippen molar-refractivity contribution in [2.45, 2.75) is 0 Å². The van der Waals surface area contributed by atoms with Gasteiger partial charge in [0.15, 0.2) is 0 Å². The van der Waals surface area contributed by atoms with Crippen molar-refractivity contribution < 1.29 is 9.32 Å². The molecule has 0 saturated carbocycles. The predicted octanol–water partition coefficient (Wildman–Crippen LogP) is 0.757. The van der Waals surface area contributed by atoms with Gasteiger partial charge in [0.1, 0.15) is 16.7 Å². The van der Waals surface area contributed by atoms with Crippen molar-refractivity contribution >= 4 is 22.4 Å². The summed E-state index contributed by atoms with van der Waals surface area (Å²) in [5.41, 5.74) is 1.37. The fourth-order valence-corrected chi connectivity index (χ4v) is 3.17. The highest BCUT2D eigenvalue weighted by molar-refractivity contribution is 7.86. The van der Waals surface area contributed by atoms with E-state index in [9.17, 15) is 9.32 Å². The minimum atomic E-state index is -1.20. The summed E-state index contributed by atoms with van der Waals surface area (Å²) in [6.07, 6.45) is 0. The summed E-state index contributed by atoms with van der Waals surface area (Å²) < 4.78 is 15.0. The molecule has 0 spiro atoms. The van der Waals surface area contributed by atoms with Gasteiger partial charge in [-0.1, -0.05) is 0 Å². The standard InChI is InChI=1S/C14H24N4O2S/c1-15-12-3-4-14(19)13(11-12)16-21(20)10-9-18-7-5-17(2)6-8-18/h3-4,11,15-16,19H,5-10H2,1-2H3. The lowest BCUT2D eigenvalue weighted by Crippen LogP contribution is -2.45. The van der Waals surface area contributed by atoms with Crippen LogP contribution >= 0.6 is 0 Å². The van der Waals surface area contributed by atoms with Gasteiger partial charge in [0.05, 0.1) is 11.4 Å². The highest BCUT2D eigenvalue weighted by Crippen LogP contribution is 2.26. The molecule has 1 atom stereocenters. The lowest BCUT2D eigenvalue weighted by molar-refractivity contribution is 0.161. The zero-order chi connectivity index (χ0) is 15.2. The quantitative estimate of drug-likeness (QED) is 0.534. The maximum Gasteiger partial charge on any atom is 0.139 e. The Morgan fingerprint density at radius 2 is 2.00 bits per heavy atom. The molecule has 1 unspecified atom stereocenters. The molecule has 0 amide bonds. The van der Waals surface area contributed by atoms with Crippen LogP contribution in [-0.2, 0) is 11.0 Å². The van der Waals surface area contributed by atoms with Gasteiger partial charge in [0, 0.05) is 45.5 Å². The smallest absolute Gasteiger partial charge is 0.139 e. The van der Waals surface area contributed by atoms with E-state index in [2.05, 4.69) is 26.9 Å². The molecule has 7 heteroatoms. The molecular weight excluding hydrogens is 288 g/mol. The lowest BCUT2D eigenvalue weighted by Gasteiger charge is -2.32. The molecule has 2 rings (SSSR count). The first-order valence-corrected chi connectivity index (χ1v) is 8.47. The number of anilines is 2. The van der Waals surface area contributed by atoms with Crippen molar-refractivity contribution in [1.29, 1.82) is 0 Å². The molecule has 3 N–H and O–H groups in total. The van der Waals surface area contributed by atoms with E-state index in [-0.39, 0.29) is 5.75 Å². The Bertz CT molecular complexity index is 490. The van der Waals surface area contributed by atoms with Gasteiger partial charge in [-0.05, 0) is 25.2 Å². The molecule has 1 saturated heterocycles. The summed E-state index contributed by atoms with van der Waals surface area (Å²) in [5, 5.41) is 12.8. The third-order valence-corrected chi connectivity index (χ3v) is 4.70. The van der Waals surface area contributed by atoms with Gasteiger partial charge in [-0.25, -0.2) is 4.21 Å². The Morgan fingerprint density at radius 1 is 1.29 bits per heavy atom. The van der Waals surface area contributed by atoms with Crippen molar-refractivity contribution in [2.24, 2.45) is 0 Å². The van der Waals surface area contributed by atoms with E-state index in [1.807, 2.05) is 0 Å². The maximum atomic E-state index is 12.1. The summed E-state index contributed by atoms with van der Waals surface area (Å²) in [4.78, 5) is 4.62. The first-order valence-electron chi connectivity index (χ1n) is 7.15. The van der Waals surface area contributed by atoms with Gasteiger partial charge < -0.3 is 20.0 Å². The third kappa shape index (κ3) is 4.87. The van der Waals surface area contributed by atoms with E-state index in [1.165, 1.54) is 0 Å². The first-order chi connectivity index (χ1) is 10.1. The molecule has 1 aromatic rings. The Morgan fingerprint density at radius 3 is 2.67 bits per heavy atom. The third-order valence-electron chi connectivity index (χ3n) is 3.70. The largest absolute Gasteiger partial charge is 0.506 e. The number of piperazine rings is 1. The molecule has 0 radical (unpaired) electrons. The van der Waals surface area contributed by atoms with E-state index in [4.69, 9.17) is 0 Å². The number of aromatic hydroxyl groups is 1. The number of nitrogens with one attached hydrogen (secondary N) is 2. The molecule has 0 aromatic heterocycles. The second-order valence-electron chi connectivity index (χ2n) is 5.28. The van der Waals surface area contributed by atoms with Crippen LogP contribution < -0.4 is 10.0 Å². The number of phenols is 1. The van der Waals surface area contributed by atoms with E-state index < -0.39 is 11.0 Å². The molecule has 21 heavy (non-hydrogen) atoms. The summed E-state index contributed by atoms with van der Waals surface area (Å²) in [6, 6.07) is 5.11. The zero-order valence-corrected chi connectivity index (χ0v) is 13.4. The Balaban J connectivity index is 1.81. The number of likely N-dealkylation sites (N-methyl/N-ethyl adjacent to an activating group) is 1. The zero-order valence-electron chi connectivity index (χ0n) is 12.6. The minimum absolute atomic E-state index is 0.113. The molecule has 1 heterocycles. The average Bonchev–Trinajstić information content (AvgIpc) is 2.49. The van der Waals surface area contributed by atoms with Crippen LogP contribution in [0.25, 0.3) is 0 Å². The molecular formula is C14H24N4O2S. The SMILES string of the molecule is CNc1ccc(O)c(NS(=O)CCN2CCN(C)CC2)c1. The van der Waals surface area contributed by atoms with Crippen LogP contribution in [0.15, 0.2) is 18.2 Å². The van der Waals surface area contributed by atoms with Crippen molar-refractivity contribution in [3.8, 4) is 5.75 Å². The first kappa shape index (κ1) is 16.1. The van der Waals surface area contributed by atoms with E-state index in [0.29, 0.717) is 11.4 Å². The predicted molar refractivity (Wildman–Crippen MR) is 88.2 cm³/mol. The summed E-state index contributed by atoms with van der Waals surface area (Å²) in [7, 11) is 2.73. The molecule has 0 bridgehead atoms. The molecule has 6 nitrogen and oxygen atoms in total. The van der Waals surface area contributed by atoms with Crippen LogP contribution in [-0.4, -0.2) is 71.7 Å². The van der Waals surface area contributed by atoms with Crippen molar-refractivity contribution in [2.75, 3.05) is 62.6 Å². The number of rotatable bonds is 6. The van der Waals surface area contributed by atoms with E-state index >= 15 is 0 Å². The Kier molecular flexibility index (Phi) is 5.84. The van der Waals surface area contributed by atoms with Gasteiger partial charge in [-0.2, -0.15) is 0 Å². The van der Waals surface area contributed by atoms with Gasteiger partial charge in [-0.15, -0.1) is 0 Å². The molecule has 0 aliphatic carbocycles. The number of hydrogen-bond donors (Lipinski definition) is 3. The van der Waals surface area contributed by atoms with E-state index in [0.717, 1.165) is 38.4 Å². The van der Waals surface area contributed by atoms with Crippen LogP contribution in [0, 0.1) is 0 Å². The van der Waals surface area contributed by atoms with Crippen molar-refractivity contribution in [3.05, 3.63) is 18.2 Å². The Labute approximate surface area is 128 Å². The molecule has 118 valence electrons. The number of nitrogens with zero attached hydrogens (tertiary/aromatic N) is 2. The Hall–Kier alpha value is -1.31. The van der Waals surface area contributed by atoms with Crippen LogP contribution in [0.2, 0.25) is 0 Å². The molecule has 1 aliphatic heterocycles. The summed E-state index contributed by atoms with van der Waals surface area (Å²) in [5.74, 6) is 0.661. The van der Waals surface area contributed by atoms with Crippen LogP contribution in [0.4, 0.5) is 11.4 Å². The monoisotopic (exact) mass is 312 g/mol. The minimum Gasteiger partial charge on any atom is -0.506 e. The number of hydrogen-bond acceptors (Lipinski definition) is 5. The fourth-order valence-electron chi connectivity index (χ4n) is 2.23. The maximum absolute atomic E-state index is 12.1. The average molecular weight is 312 g/mol. The molecule has 1 aliphatic rings. The van der Waals surface area contributed by atoms with Crippen molar-refractivity contribution in [1.82, 2.24) is 9.80 Å². The fraction of sp³-hybridized carbons (Fsp3) is 0.571. The van der Waals surface area contributed by atoms with E-state index in [1.54, 1.807) is 25.2 Å². The second kappa shape index (κ2) is 7.63. The van der Waals surface area contributed by atoms with Crippen LogP contribution in [0.1, 0.15) is 0 Å². The van der Waals surface area contributed by atoms with Gasteiger partial charge in [0.2, 0.25) is 0 Å². The lowest BCUT2D eigenvalue weighted by atomic mass is 10.2. The van der Waals surface area contributed by atoms with Gasteiger partial charge in [0.25, 0.3) is 0 Å². The van der Waals surface area contributed by atoms with Crippen molar-refractivity contribution in [3.63, 3.8) is 0 Å². The number of benzene rings is 1. The molecule has 1 fully saturated rings.